The average Bonchev–Trinajstić information content (AvgIpc) is 2.88. The summed E-state index contributed by atoms with van der Waals surface area (Å²) in [6, 6.07) is 2.53. The monoisotopic (exact) mass is 253 g/mol. The zero-order valence-corrected chi connectivity index (χ0v) is 11.1. The first kappa shape index (κ1) is 11.7. The first-order chi connectivity index (χ1) is 7.81. The molecule has 0 saturated heterocycles. The molecule has 3 nitrogen and oxygen atoms in total. The molecule has 0 saturated carbocycles. The van der Waals surface area contributed by atoms with Crippen LogP contribution in [0.4, 0.5) is 0 Å². The number of nitrogens with one attached hydrogen (secondary N) is 1. The fourth-order valence-electron chi connectivity index (χ4n) is 1.71. The lowest BCUT2D eigenvalue weighted by Gasteiger charge is -2.15. The molecule has 0 amide bonds. The van der Waals surface area contributed by atoms with Gasteiger partial charge in [0.1, 0.15) is 0 Å². The van der Waals surface area contributed by atoms with Gasteiger partial charge in [-0.25, -0.2) is 0 Å². The predicted octanol–water partition coefficient (Wildman–Crippen LogP) is 2.80. The van der Waals surface area contributed by atoms with Gasteiger partial charge in [0, 0.05) is 6.04 Å². The van der Waals surface area contributed by atoms with Crippen LogP contribution in [0.25, 0.3) is 0 Å². The van der Waals surface area contributed by atoms with Crippen molar-refractivity contribution < 1.29 is 0 Å². The maximum absolute atomic E-state index is 4.08. The second kappa shape index (κ2) is 5.52. The van der Waals surface area contributed by atoms with Crippen LogP contribution in [0, 0.1) is 6.92 Å². The fourth-order valence-corrected chi connectivity index (χ4v) is 3.10. The van der Waals surface area contributed by atoms with E-state index >= 15 is 0 Å². The summed E-state index contributed by atoms with van der Waals surface area (Å²) in [5.41, 5.74) is 2.43. The molecule has 0 aliphatic rings. The first-order valence-corrected chi connectivity index (χ1v) is 7.06. The number of aromatic nitrogens is 2. The summed E-state index contributed by atoms with van der Waals surface area (Å²) in [7, 11) is 0. The molecule has 0 aromatic carbocycles. The van der Waals surface area contributed by atoms with Gasteiger partial charge in [-0.1, -0.05) is 11.4 Å². The SMILES string of the molecule is CCNC(Cc1ccsc1)c1snnc1C. The smallest absolute Gasteiger partial charge is 0.0772 e. The molecule has 0 aliphatic heterocycles. The van der Waals surface area contributed by atoms with Gasteiger partial charge in [-0.3, -0.25) is 0 Å². The molecule has 2 aromatic rings. The highest BCUT2D eigenvalue weighted by molar-refractivity contribution is 7.08. The van der Waals surface area contributed by atoms with Crippen LogP contribution < -0.4 is 5.32 Å². The maximum atomic E-state index is 4.08. The maximum Gasteiger partial charge on any atom is 0.0772 e. The number of aryl methyl sites for hydroxylation is 1. The number of rotatable bonds is 5. The Morgan fingerprint density at radius 1 is 1.50 bits per heavy atom. The van der Waals surface area contributed by atoms with Gasteiger partial charge >= 0.3 is 0 Å². The van der Waals surface area contributed by atoms with Crippen LogP contribution >= 0.6 is 22.9 Å². The van der Waals surface area contributed by atoms with Gasteiger partial charge < -0.3 is 5.32 Å². The Kier molecular flexibility index (Phi) is 4.04. The van der Waals surface area contributed by atoms with Gasteiger partial charge in [0.2, 0.25) is 0 Å². The van der Waals surface area contributed by atoms with Crippen LogP contribution in [0.5, 0.6) is 0 Å². The zero-order chi connectivity index (χ0) is 11.4. The van der Waals surface area contributed by atoms with Crippen molar-refractivity contribution in [3.8, 4) is 0 Å². The second-order valence-corrected chi connectivity index (χ2v) is 5.23. The molecule has 0 aliphatic carbocycles. The first-order valence-electron chi connectivity index (χ1n) is 5.34. The van der Waals surface area contributed by atoms with Crippen LogP contribution in [0.2, 0.25) is 0 Å². The van der Waals surface area contributed by atoms with Crippen LogP contribution in [0.15, 0.2) is 16.8 Å². The van der Waals surface area contributed by atoms with Gasteiger partial charge in [0.15, 0.2) is 0 Å². The summed E-state index contributed by atoms with van der Waals surface area (Å²) in [6.45, 7) is 5.12. The fraction of sp³-hybridized carbons (Fsp3) is 0.455. The molecule has 1 N–H and O–H groups in total. The summed E-state index contributed by atoms with van der Waals surface area (Å²) in [4.78, 5) is 1.26. The molecule has 2 aromatic heterocycles. The third-order valence-electron chi connectivity index (χ3n) is 2.47. The van der Waals surface area contributed by atoms with E-state index in [2.05, 4.69) is 38.7 Å². The lowest BCUT2D eigenvalue weighted by Crippen LogP contribution is -2.22. The van der Waals surface area contributed by atoms with E-state index in [0.717, 1.165) is 18.7 Å². The van der Waals surface area contributed by atoms with Gasteiger partial charge in [0.05, 0.1) is 10.6 Å². The van der Waals surface area contributed by atoms with Gasteiger partial charge in [0.25, 0.3) is 0 Å². The third-order valence-corrected chi connectivity index (χ3v) is 4.15. The molecule has 2 rings (SSSR count). The van der Waals surface area contributed by atoms with Crippen molar-refractivity contribution in [2.24, 2.45) is 0 Å². The molecule has 0 fully saturated rings. The highest BCUT2D eigenvalue weighted by Gasteiger charge is 2.16. The van der Waals surface area contributed by atoms with Crippen LogP contribution in [-0.4, -0.2) is 16.1 Å². The zero-order valence-electron chi connectivity index (χ0n) is 9.43. The number of thiophene rings is 1. The largest absolute Gasteiger partial charge is 0.309 e. The second-order valence-electron chi connectivity index (χ2n) is 3.67. The molecule has 5 heteroatoms. The number of likely N-dealkylation sites (N-methyl/N-ethyl adjacent to an activating group) is 1. The Morgan fingerprint density at radius 3 is 2.94 bits per heavy atom. The van der Waals surface area contributed by atoms with Gasteiger partial charge in [-0.2, -0.15) is 11.3 Å². The van der Waals surface area contributed by atoms with Gasteiger partial charge in [-0.15, -0.1) is 5.10 Å². The predicted molar refractivity (Wildman–Crippen MR) is 69.1 cm³/mol. The van der Waals surface area contributed by atoms with Crippen LogP contribution in [-0.2, 0) is 6.42 Å². The Morgan fingerprint density at radius 2 is 2.38 bits per heavy atom. The Hall–Kier alpha value is -0.780. The molecule has 1 atom stereocenters. The van der Waals surface area contributed by atoms with E-state index in [4.69, 9.17) is 0 Å². The Balaban J connectivity index is 2.14. The van der Waals surface area contributed by atoms with E-state index in [0.29, 0.717) is 6.04 Å². The van der Waals surface area contributed by atoms with Crippen molar-refractivity contribution in [3.05, 3.63) is 33.0 Å². The highest BCUT2D eigenvalue weighted by Crippen LogP contribution is 2.24. The third kappa shape index (κ3) is 2.66. The Bertz CT molecular complexity index is 422. The Labute approximate surface area is 104 Å². The van der Waals surface area contributed by atoms with Crippen molar-refractivity contribution in [2.45, 2.75) is 26.3 Å². The summed E-state index contributed by atoms with van der Waals surface area (Å²) in [5, 5.41) is 11.9. The molecule has 0 radical (unpaired) electrons. The summed E-state index contributed by atoms with van der Waals surface area (Å²) in [6.07, 6.45) is 1.02. The molecule has 0 spiro atoms. The highest BCUT2D eigenvalue weighted by atomic mass is 32.1. The molecule has 1 unspecified atom stereocenters. The molecular formula is C11H15N3S2. The number of hydrogen-bond donors (Lipinski definition) is 1. The molecule has 0 bridgehead atoms. The average molecular weight is 253 g/mol. The van der Waals surface area contributed by atoms with E-state index < -0.39 is 0 Å². The summed E-state index contributed by atoms with van der Waals surface area (Å²) in [5.74, 6) is 0. The molecule has 2 heterocycles. The van der Waals surface area contributed by atoms with Crippen molar-refractivity contribution in [2.75, 3.05) is 6.54 Å². The van der Waals surface area contributed by atoms with Crippen molar-refractivity contribution in [1.82, 2.24) is 14.9 Å². The topological polar surface area (TPSA) is 37.8 Å². The van der Waals surface area contributed by atoms with Crippen molar-refractivity contribution in [3.63, 3.8) is 0 Å². The van der Waals surface area contributed by atoms with E-state index in [9.17, 15) is 0 Å². The minimum atomic E-state index is 0.347. The number of hydrogen-bond acceptors (Lipinski definition) is 5. The van der Waals surface area contributed by atoms with E-state index in [-0.39, 0.29) is 0 Å². The minimum Gasteiger partial charge on any atom is -0.309 e. The van der Waals surface area contributed by atoms with E-state index in [1.807, 2.05) is 6.92 Å². The summed E-state index contributed by atoms with van der Waals surface area (Å²) < 4.78 is 4.01. The van der Waals surface area contributed by atoms with Crippen LogP contribution in [0.1, 0.15) is 29.1 Å². The van der Waals surface area contributed by atoms with E-state index in [1.54, 1.807) is 11.3 Å². The van der Waals surface area contributed by atoms with Crippen LogP contribution in [0.3, 0.4) is 0 Å². The quantitative estimate of drug-likeness (QED) is 0.890. The lowest BCUT2D eigenvalue weighted by molar-refractivity contribution is 0.555. The van der Waals surface area contributed by atoms with Crippen molar-refractivity contribution >= 4 is 22.9 Å². The van der Waals surface area contributed by atoms with E-state index in [1.165, 1.54) is 22.0 Å². The molecule has 16 heavy (non-hydrogen) atoms. The lowest BCUT2D eigenvalue weighted by atomic mass is 10.1. The number of nitrogens with zero attached hydrogens (tertiary/aromatic N) is 2. The molecule has 86 valence electrons. The standard InChI is InChI=1S/C11H15N3S2/c1-3-12-10(6-9-4-5-15-7-9)11-8(2)13-14-16-11/h4-5,7,10,12H,3,6H2,1-2H3. The normalized spacial score (nSPS) is 12.9. The van der Waals surface area contributed by atoms with Gasteiger partial charge in [-0.05, 0) is 53.8 Å². The minimum absolute atomic E-state index is 0.347. The summed E-state index contributed by atoms with van der Waals surface area (Å²) >= 11 is 3.24. The van der Waals surface area contributed by atoms with Crippen molar-refractivity contribution in [1.29, 1.82) is 0 Å². The molecular weight excluding hydrogens is 238 g/mol.